The number of carbonyl (C=O) groups excluding carboxylic acids is 1. The van der Waals surface area contributed by atoms with Gasteiger partial charge in [-0.05, 0) is 19.4 Å². The minimum atomic E-state index is -0.140. The molecule has 0 aromatic heterocycles. The van der Waals surface area contributed by atoms with Crippen molar-refractivity contribution in [2.45, 2.75) is 45.6 Å². The van der Waals surface area contributed by atoms with Gasteiger partial charge in [0.25, 0.3) is 0 Å². The molecule has 0 aliphatic carbocycles. The van der Waals surface area contributed by atoms with Gasteiger partial charge in [0.2, 0.25) is 0 Å². The summed E-state index contributed by atoms with van der Waals surface area (Å²) in [6.45, 7) is 5.98. The predicted octanol–water partition coefficient (Wildman–Crippen LogP) is 1.98. The Hall–Kier alpha value is -0.610. The molecule has 1 aliphatic heterocycles. The predicted molar refractivity (Wildman–Crippen MR) is 71.4 cm³/mol. The lowest BCUT2D eigenvalue weighted by atomic mass is 10.00. The first kappa shape index (κ1) is 15.4. The molecule has 1 saturated heterocycles. The lowest BCUT2D eigenvalue weighted by Gasteiger charge is -2.19. The minimum absolute atomic E-state index is 0.105. The molecule has 3 unspecified atom stereocenters. The van der Waals surface area contributed by atoms with Gasteiger partial charge in [-0.1, -0.05) is 33.1 Å². The molecule has 3 atom stereocenters. The average Bonchev–Trinajstić information content (AvgIpc) is 2.87. The standard InChI is InChI=1S/C14H27NO3/c1-4-6-7-11(5-2)8-18-14(16)12-9-17-10-13(12)15-3/h11-13,15H,4-10H2,1-3H3. The van der Waals surface area contributed by atoms with Crippen LogP contribution >= 0.6 is 0 Å². The molecule has 0 saturated carbocycles. The number of hydrogen-bond acceptors (Lipinski definition) is 4. The van der Waals surface area contributed by atoms with Crippen molar-refractivity contribution in [3.8, 4) is 0 Å². The van der Waals surface area contributed by atoms with Crippen LogP contribution < -0.4 is 5.32 Å². The van der Waals surface area contributed by atoms with Gasteiger partial charge in [0.05, 0.1) is 25.7 Å². The Kier molecular flexibility index (Phi) is 7.28. The summed E-state index contributed by atoms with van der Waals surface area (Å²) in [4.78, 5) is 12.0. The first-order valence-electron chi connectivity index (χ1n) is 7.14. The smallest absolute Gasteiger partial charge is 0.312 e. The molecule has 4 heteroatoms. The Bertz CT molecular complexity index is 245. The zero-order valence-electron chi connectivity index (χ0n) is 11.9. The van der Waals surface area contributed by atoms with Crippen molar-refractivity contribution in [1.29, 1.82) is 0 Å². The highest BCUT2D eigenvalue weighted by atomic mass is 16.5. The zero-order valence-corrected chi connectivity index (χ0v) is 11.9. The van der Waals surface area contributed by atoms with Crippen LogP contribution in [0.2, 0.25) is 0 Å². The number of hydrogen-bond donors (Lipinski definition) is 1. The van der Waals surface area contributed by atoms with Gasteiger partial charge in [-0.25, -0.2) is 0 Å². The first-order valence-corrected chi connectivity index (χ1v) is 7.14. The lowest BCUT2D eigenvalue weighted by molar-refractivity contribution is -0.150. The molecular weight excluding hydrogens is 230 g/mol. The summed E-state index contributed by atoms with van der Waals surface area (Å²) in [5.74, 6) is 0.254. The topological polar surface area (TPSA) is 47.6 Å². The molecule has 1 heterocycles. The molecule has 0 radical (unpaired) electrons. The van der Waals surface area contributed by atoms with E-state index in [1.54, 1.807) is 0 Å². The second-order valence-electron chi connectivity index (χ2n) is 5.09. The number of unbranched alkanes of at least 4 members (excludes halogenated alkanes) is 1. The van der Waals surface area contributed by atoms with Crippen LogP contribution in [0.15, 0.2) is 0 Å². The van der Waals surface area contributed by atoms with E-state index < -0.39 is 0 Å². The maximum Gasteiger partial charge on any atom is 0.312 e. The van der Waals surface area contributed by atoms with E-state index in [0.717, 1.165) is 12.8 Å². The van der Waals surface area contributed by atoms with Gasteiger partial charge in [0, 0.05) is 6.04 Å². The van der Waals surface area contributed by atoms with Gasteiger partial charge in [-0.15, -0.1) is 0 Å². The molecule has 4 nitrogen and oxygen atoms in total. The van der Waals surface area contributed by atoms with Crippen LogP contribution in [0.1, 0.15) is 39.5 Å². The monoisotopic (exact) mass is 257 g/mol. The summed E-state index contributed by atoms with van der Waals surface area (Å²) >= 11 is 0. The van der Waals surface area contributed by atoms with Crippen LogP contribution in [-0.2, 0) is 14.3 Å². The zero-order chi connectivity index (χ0) is 13.4. The van der Waals surface area contributed by atoms with E-state index in [2.05, 4.69) is 19.2 Å². The Balaban J connectivity index is 2.30. The molecule has 0 bridgehead atoms. The third kappa shape index (κ3) is 4.58. The van der Waals surface area contributed by atoms with E-state index in [-0.39, 0.29) is 17.9 Å². The van der Waals surface area contributed by atoms with Gasteiger partial charge in [0.1, 0.15) is 0 Å². The third-order valence-corrected chi connectivity index (χ3v) is 3.76. The van der Waals surface area contributed by atoms with Crippen molar-refractivity contribution in [2.75, 3.05) is 26.9 Å². The van der Waals surface area contributed by atoms with E-state index in [1.165, 1.54) is 12.8 Å². The van der Waals surface area contributed by atoms with E-state index in [4.69, 9.17) is 9.47 Å². The number of ether oxygens (including phenoxy) is 2. The quantitative estimate of drug-likeness (QED) is 0.675. The first-order chi connectivity index (χ1) is 8.72. The Labute approximate surface area is 110 Å². The van der Waals surface area contributed by atoms with Crippen molar-refractivity contribution in [2.24, 2.45) is 11.8 Å². The minimum Gasteiger partial charge on any atom is -0.465 e. The summed E-state index contributed by atoms with van der Waals surface area (Å²) in [6.07, 6.45) is 4.63. The van der Waals surface area contributed by atoms with E-state index in [0.29, 0.717) is 25.7 Å². The van der Waals surface area contributed by atoms with Gasteiger partial charge in [0.15, 0.2) is 0 Å². The molecule has 1 fully saturated rings. The molecule has 106 valence electrons. The van der Waals surface area contributed by atoms with Crippen LogP contribution in [-0.4, -0.2) is 38.9 Å². The van der Waals surface area contributed by atoms with Crippen molar-refractivity contribution < 1.29 is 14.3 Å². The molecule has 1 rings (SSSR count). The summed E-state index contributed by atoms with van der Waals surface area (Å²) < 4.78 is 10.8. The molecule has 0 spiro atoms. The van der Waals surface area contributed by atoms with Crippen LogP contribution in [0.25, 0.3) is 0 Å². The molecule has 1 aliphatic rings. The van der Waals surface area contributed by atoms with Crippen LogP contribution in [0.4, 0.5) is 0 Å². The van der Waals surface area contributed by atoms with Crippen molar-refractivity contribution in [1.82, 2.24) is 5.32 Å². The molecule has 0 amide bonds. The molecule has 0 aromatic carbocycles. The largest absolute Gasteiger partial charge is 0.465 e. The fraction of sp³-hybridized carbons (Fsp3) is 0.929. The summed E-state index contributed by atoms with van der Waals surface area (Å²) in [7, 11) is 1.86. The maximum atomic E-state index is 12.0. The second kappa shape index (κ2) is 8.48. The molecule has 1 N–H and O–H groups in total. The van der Waals surface area contributed by atoms with Crippen molar-refractivity contribution >= 4 is 5.97 Å². The van der Waals surface area contributed by atoms with Gasteiger partial charge in [-0.3, -0.25) is 4.79 Å². The van der Waals surface area contributed by atoms with Gasteiger partial charge >= 0.3 is 5.97 Å². The number of rotatable bonds is 8. The Morgan fingerprint density at radius 1 is 1.44 bits per heavy atom. The normalized spacial score (nSPS) is 25.1. The second-order valence-corrected chi connectivity index (χ2v) is 5.09. The Morgan fingerprint density at radius 2 is 2.22 bits per heavy atom. The summed E-state index contributed by atoms with van der Waals surface area (Å²) in [6, 6.07) is 0.105. The number of carbonyl (C=O) groups is 1. The highest BCUT2D eigenvalue weighted by Gasteiger charge is 2.34. The maximum absolute atomic E-state index is 12.0. The van der Waals surface area contributed by atoms with Crippen LogP contribution in [0, 0.1) is 11.8 Å². The number of esters is 1. The Morgan fingerprint density at radius 3 is 2.83 bits per heavy atom. The third-order valence-electron chi connectivity index (χ3n) is 3.76. The van der Waals surface area contributed by atoms with E-state index >= 15 is 0 Å². The highest BCUT2D eigenvalue weighted by molar-refractivity contribution is 5.73. The number of nitrogens with one attached hydrogen (secondary N) is 1. The highest BCUT2D eigenvalue weighted by Crippen LogP contribution is 2.18. The van der Waals surface area contributed by atoms with Crippen molar-refractivity contribution in [3.63, 3.8) is 0 Å². The van der Waals surface area contributed by atoms with Crippen molar-refractivity contribution in [3.05, 3.63) is 0 Å². The van der Waals surface area contributed by atoms with E-state index in [1.807, 2.05) is 7.05 Å². The summed E-state index contributed by atoms with van der Waals surface area (Å²) in [5, 5.41) is 3.10. The fourth-order valence-electron chi connectivity index (χ4n) is 2.28. The summed E-state index contributed by atoms with van der Waals surface area (Å²) in [5.41, 5.74) is 0. The fourth-order valence-corrected chi connectivity index (χ4v) is 2.28. The van der Waals surface area contributed by atoms with Gasteiger partial charge in [-0.2, -0.15) is 0 Å². The van der Waals surface area contributed by atoms with Gasteiger partial charge < -0.3 is 14.8 Å². The molecule has 0 aromatic rings. The number of likely N-dealkylation sites (N-methyl/N-ethyl adjacent to an activating group) is 1. The lowest BCUT2D eigenvalue weighted by Crippen LogP contribution is -2.38. The molecular formula is C14H27NO3. The average molecular weight is 257 g/mol. The molecule has 18 heavy (non-hydrogen) atoms. The SMILES string of the molecule is CCCCC(CC)COC(=O)C1COCC1NC. The van der Waals surface area contributed by atoms with Crippen LogP contribution in [0.3, 0.4) is 0 Å². The van der Waals surface area contributed by atoms with Crippen LogP contribution in [0.5, 0.6) is 0 Å². The van der Waals surface area contributed by atoms with E-state index in [9.17, 15) is 4.79 Å².